The van der Waals surface area contributed by atoms with Crippen molar-refractivity contribution in [2.24, 2.45) is 10.7 Å². The van der Waals surface area contributed by atoms with E-state index in [1.165, 1.54) is 6.92 Å². The Morgan fingerprint density at radius 1 is 1.35 bits per heavy atom. The molecule has 2 aliphatic rings. The molecule has 0 saturated carbocycles. The molecule has 1 saturated heterocycles. The van der Waals surface area contributed by atoms with E-state index in [0.29, 0.717) is 12.2 Å². The Kier molecular flexibility index (Phi) is 5.21. The second-order valence-corrected chi connectivity index (χ2v) is 6.38. The summed E-state index contributed by atoms with van der Waals surface area (Å²) in [7, 11) is 0. The fourth-order valence-electron chi connectivity index (χ4n) is 2.80. The smallest absolute Gasteiger partial charge is 0.379 e. The van der Waals surface area contributed by atoms with Crippen LogP contribution < -0.4 is 16.4 Å². The second-order valence-electron chi connectivity index (χ2n) is 6.38. The molecule has 1 unspecified atom stereocenters. The predicted molar refractivity (Wildman–Crippen MR) is 90.4 cm³/mol. The first kappa shape index (κ1) is 18.7. The number of guanidine groups is 1. The monoisotopic (exact) mass is 373 g/mol. The van der Waals surface area contributed by atoms with Gasteiger partial charge in [0.05, 0.1) is 37.2 Å². The van der Waals surface area contributed by atoms with Crippen molar-refractivity contribution in [3.63, 3.8) is 0 Å². The number of nitrogens with zero attached hydrogens (tertiary/aromatic N) is 4. The van der Waals surface area contributed by atoms with E-state index in [4.69, 9.17) is 10.5 Å². The van der Waals surface area contributed by atoms with Gasteiger partial charge in [0.25, 0.3) is 0 Å². The summed E-state index contributed by atoms with van der Waals surface area (Å²) >= 11 is 0. The maximum Gasteiger partial charge on any atom is 0.417 e. The van der Waals surface area contributed by atoms with E-state index in [1.54, 1.807) is 17.1 Å². The van der Waals surface area contributed by atoms with Crippen LogP contribution in [-0.4, -0.2) is 65.3 Å². The molecule has 1 atom stereocenters. The number of alkyl halides is 3. The first-order chi connectivity index (χ1) is 12.2. The molecule has 0 bridgehead atoms. The third-order valence-electron chi connectivity index (χ3n) is 4.19. The molecule has 11 heteroatoms. The van der Waals surface area contributed by atoms with E-state index in [1.807, 2.05) is 0 Å². The lowest BCUT2D eigenvalue weighted by atomic mass is 10.0. The standard InChI is InChI=1S/C15H22F3N7O/c1-14(19)12(15(16,17)18)9-20-13(23-14)22-11-8-21-25(10-11)3-2-24-4-6-26-7-5-24/h8-10H,2-7,19H2,1H3,(H2,20,22,23). The largest absolute Gasteiger partial charge is 0.417 e. The maximum atomic E-state index is 12.9. The molecule has 0 radical (unpaired) electrons. The molecule has 0 aromatic carbocycles. The van der Waals surface area contributed by atoms with Crippen LogP contribution in [0.3, 0.4) is 0 Å². The highest BCUT2D eigenvalue weighted by molar-refractivity contribution is 5.95. The normalized spacial score (nSPS) is 24.7. The minimum Gasteiger partial charge on any atom is -0.379 e. The third-order valence-corrected chi connectivity index (χ3v) is 4.19. The summed E-state index contributed by atoms with van der Waals surface area (Å²) in [5, 5.41) is 9.63. The summed E-state index contributed by atoms with van der Waals surface area (Å²) in [6, 6.07) is 0. The van der Waals surface area contributed by atoms with Crippen LogP contribution in [0, 0.1) is 0 Å². The molecule has 26 heavy (non-hydrogen) atoms. The van der Waals surface area contributed by atoms with Crippen molar-refractivity contribution in [3.05, 3.63) is 24.2 Å². The van der Waals surface area contributed by atoms with Gasteiger partial charge in [0.1, 0.15) is 5.66 Å². The summed E-state index contributed by atoms with van der Waals surface area (Å²) in [4.78, 5) is 6.20. The lowest BCUT2D eigenvalue weighted by molar-refractivity contribution is -0.100. The zero-order valence-corrected chi connectivity index (χ0v) is 14.4. The van der Waals surface area contributed by atoms with Gasteiger partial charge in [-0.1, -0.05) is 0 Å². The number of hydrogen-bond donors (Lipinski definition) is 3. The number of rotatable bonds is 4. The van der Waals surface area contributed by atoms with Crippen LogP contribution in [0.2, 0.25) is 0 Å². The molecular weight excluding hydrogens is 351 g/mol. The number of hydrogen-bond acceptors (Lipinski definition) is 7. The number of ether oxygens (including phenoxy) is 1. The van der Waals surface area contributed by atoms with Gasteiger partial charge < -0.3 is 21.1 Å². The lowest BCUT2D eigenvalue weighted by Gasteiger charge is -2.30. The van der Waals surface area contributed by atoms with Crippen LogP contribution in [-0.2, 0) is 11.3 Å². The van der Waals surface area contributed by atoms with Crippen LogP contribution in [0.5, 0.6) is 0 Å². The first-order valence-corrected chi connectivity index (χ1v) is 8.27. The van der Waals surface area contributed by atoms with Gasteiger partial charge in [0.2, 0.25) is 5.96 Å². The third kappa shape index (κ3) is 4.54. The summed E-state index contributed by atoms with van der Waals surface area (Å²) in [5.41, 5.74) is 3.51. The SMILES string of the molecule is CC1(N)N=C(Nc2cnn(CCN3CCOCC3)c2)NC=C1C(F)(F)F. The van der Waals surface area contributed by atoms with Crippen LogP contribution in [0.15, 0.2) is 29.2 Å². The maximum absolute atomic E-state index is 12.9. The molecule has 0 spiro atoms. The molecule has 1 fully saturated rings. The minimum atomic E-state index is -4.55. The number of morpholine rings is 1. The highest BCUT2D eigenvalue weighted by Crippen LogP contribution is 2.34. The van der Waals surface area contributed by atoms with Gasteiger partial charge in [0.15, 0.2) is 0 Å². The van der Waals surface area contributed by atoms with Crippen molar-refractivity contribution >= 4 is 11.6 Å². The van der Waals surface area contributed by atoms with Gasteiger partial charge in [-0.3, -0.25) is 9.58 Å². The molecule has 8 nitrogen and oxygen atoms in total. The van der Waals surface area contributed by atoms with Crippen LogP contribution >= 0.6 is 0 Å². The van der Waals surface area contributed by atoms with Gasteiger partial charge in [0, 0.05) is 32.0 Å². The van der Waals surface area contributed by atoms with Crippen molar-refractivity contribution in [2.75, 3.05) is 38.2 Å². The Balaban J connectivity index is 1.57. The Morgan fingerprint density at radius 3 is 2.73 bits per heavy atom. The van der Waals surface area contributed by atoms with Crippen molar-refractivity contribution in [3.8, 4) is 0 Å². The van der Waals surface area contributed by atoms with Crippen LogP contribution in [0.25, 0.3) is 0 Å². The van der Waals surface area contributed by atoms with E-state index in [9.17, 15) is 13.2 Å². The molecule has 0 amide bonds. The molecule has 3 heterocycles. The molecule has 144 valence electrons. The van der Waals surface area contributed by atoms with E-state index >= 15 is 0 Å². The van der Waals surface area contributed by atoms with Gasteiger partial charge in [-0.05, 0) is 6.92 Å². The van der Waals surface area contributed by atoms with Gasteiger partial charge in [-0.2, -0.15) is 18.3 Å². The Hall–Kier alpha value is -2.11. The topological polar surface area (TPSA) is 92.7 Å². The lowest BCUT2D eigenvalue weighted by Crippen LogP contribution is -2.49. The Labute approximate surface area is 148 Å². The average molecular weight is 373 g/mol. The van der Waals surface area contributed by atoms with E-state index in [0.717, 1.165) is 39.0 Å². The van der Waals surface area contributed by atoms with Crippen LogP contribution in [0.4, 0.5) is 18.9 Å². The number of anilines is 1. The van der Waals surface area contributed by atoms with E-state index in [2.05, 4.69) is 25.6 Å². The summed E-state index contributed by atoms with van der Waals surface area (Å²) < 4.78 is 45.9. The molecule has 1 aromatic rings. The number of aliphatic imine (C=N–C) groups is 1. The summed E-state index contributed by atoms with van der Waals surface area (Å²) in [6.45, 7) is 6.04. The van der Waals surface area contributed by atoms with Gasteiger partial charge in [-0.25, -0.2) is 4.99 Å². The zero-order chi connectivity index (χ0) is 18.8. The highest BCUT2D eigenvalue weighted by Gasteiger charge is 2.45. The highest BCUT2D eigenvalue weighted by atomic mass is 19.4. The van der Waals surface area contributed by atoms with E-state index < -0.39 is 17.4 Å². The molecule has 4 N–H and O–H groups in total. The van der Waals surface area contributed by atoms with Gasteiger partial charge >= 0.3 is 6.18 Å². The van der Waals surface area contributed by atoms with Crippen molar-refractivity contribution < 1.29 is 17.9 Å². The van der Waals surface area contributed by atoms with Gasteiger partial charge in [-0.15, -0.1) is 0 Å². The summed E-state index contributed by atoms with van der Waals surface area (Å²) in [6.07, 6.45) is -0.365. The van der Waals surface area contributed by atoms with Crippen molar-refractivity contribution in [1.29, 1.82) is 0 Å². The first-order valence-electron chi connectivity index (χ1n) is 8.27. The number of nitrogens with two attached hydrogens (primary N) is 1. The molecule has 1 aromatic heterocycles. The Bertz CT molecular complexity index is 690. The average Bonchev–Trinajstić information content (AvgIpc) is 2.99. The molecule has 0 aliphatic carbocycles. The van der Waals surface area contributed by atoms with Crippen molar-refractivity contribution in [1.82, 2.24) is 20.0 Å². The molecular formula is C15H22F3N7O. The van der Waals surface area contributed by atoms with E-state index in [-0.39, 0.29) is 5.96 Å². The second kappa shape index (κ2) is 7.25. The fourth-order valence-corrected chi connectivity index (χ4v) is 2.80. The number of aromatic nitrogens is 2. The van der Waals surface area contributed by atoms with Crippen molar-refractivity contribution in [2.45, 2.75) is 25.3 Å². The minimum absolute atomic E-state index is 0.135. The quantitative estimate of drug-likeness (QED) is 0.720. The fraction of sp³-hybridized carbons (Fsp3) is 0.600. The number of halogens is 3. The van der Waals surface area contributed by atoms with Crippen LogP contribution in [0.1, 0.15) is 6.92 Å². The predicted octanol–water partition coefficient (Wildman–Crippen LogP) is 0.707. The molecule has 3 rings (SSSR count). The Morgan fingerprint density at radius 2 is 2.08 bits per heavy atom. The summed E-state index contributed by atoms with van der Waals surface area (Å²) in [5.74, 6) is 0.135. The molecule has 2 aliphatic heterocycles. The number of nitrogens with one attached hydrogen (secondary N) is 2. The zero-order valence-electron chi connectivity index (χ0n) is 14.4.